The molecule has 2 bridgehead atoms. The third-order valence-electron chi connectivity index (χ3n) is 6.90. The number of hydrogen-bond donors (Lipinski definition) is 13. The predicted octanol–water partition coefficient (Wildman–Crippen LogP) is -3.95. The fourth-order valence-corrected chi connectivity index (χ4v) is 6.59. The molecule has 4 aliphatic heterocycles. The number of nitrogens with zero attached hydrogens (tertiary/aromatic N) is 4. The first-order chi connectivity index (χ1) is 21.7. The normalized spacial score (nSPS) is 27.9. The van der Waals surface area contributed by atoms with Gasteiger partial charge in [-0.15, -0.1) is 0 Å². The zero-order chi connectivity index (χ0) is 32.7. The van der Waals surface area contributed by atoms with Crippen LogP contribution in [-0.2, 0) is 24.9 Å². The number of nitrogens with one attached hydrogen (secondary N) is 4. The molecule has 26 heteroatoms. The van der Waals surface area contributed by atoms with E-state index in [0.29, 0.717) is 12.0 Å². The van der Waals surface area contributed by atoms with E-state index in [4.69, 9.17) is 44.5 Å². The van der Waals surface area contributed by atoms with Gasteiger partial charge in [-0.2, -0.15) is 0 Å². The first-order valence-corrected chi connectivity index (χ1v) is 16.4. The second-order valence-corrected chi connectivity index (χ2v) is 13.1. The molecule has 0 saturated carbocycles. The summed E-state index contributed by atoms with van der Waals surface area (Å²) in [7, 11) is -10.6. The van der Waals surface area contributed by atoms with E-state index in [2.05, 4.69) is 30.9 Å². The number of anilines is 2. The molecule has 16 N–H and O–H groups in total. The standard InChI is InChI=1S/C20H27N11O13P2/c21-13-7-14(27-19(22)26-13)30(3-24-7)17-10(33)11-6(42-17)2-40-46(37,38)44-12-9(32)5(1-39-45(35,36)43-11)41-18(12)31-4-25-8-15(31)28-20(23)29-16(8)34/h1,4,9,14,19,24,26-27,32-33,35-38,45-46H,2-3,21-22H2,(H3,23,28,29,34)/b5-1+/t9-,14?,19?/m1/s1. The number of rotatable bonds is 2. The molecule has 250 valence electrons. The molecule has 4 aliphatic rings. The van der Waals surface area contributed by atoms with Crippen molar-refractivity contribution in [2.24, 2.45) is 11.5 Å². The Morgan fingerprint density at radius 3 is 2.70 bits per heavy atom. The van der Waals surface area contributed by atoms with E-state index in [9.17, 15) is 34.6 Å². The molecule has 3 aromatic rings. The van der Waals surface area contributed by atoms with Gasteiger partial charge in [0.05, 0.1) is 0 Å². The van der Waals surface area contributed by atoms with Gasteiger partial charge in [-0.1, -0.05) is 0 Å². The van der Waals surface area contributed by atoms with Gasteiger partial charge in [-0.3, -0.25) is 0 Å². The Labute approximate surface area is 255 Å². The van der Waals surface area contributed by atoms with Crippen molar-refractivity contribution in [3.05, 3.63) is 51.7 Å². The zero-order valence-corrected chi connectivity index (χ0v) is 24.9. The number of nitrogens with two attached hydrogens (primary N) is 3. The van der Waals surface area contributed by atoms with Crippen LogP contribution in [0.3, 0.4) is 0 Å². The van der Waals surface area contributed by atoms with Crippen LogP contribution in [-0.4, -0.2) is 74.5 Å². The Morgan fingerprint density at radius 2 is 1.91 bits per heavy atom. The molecule has 0 aliphatic carbocycles. The second-order valence-electron chi connectivity index (χ2n) is 9.97. The monoisotopic (exact) mass is 691 g/mol. The van der Waals surface area contributed by atoms with E-state index in [1.165, 1.54) is 4.90 Å². The van der Waals surface area contributed by atoms with Crippen LogP contribution < -0.4 is 48.1 Å². The number of aromatic hydroxyl groups is 1. The van der Waals surface area contributed by atoms with Crippen molar-refractivity contribution < 1.29 is 57.0 Å². The second kappa shape index (κ2) is 10.5. The molecule has 7 heterocycles. The van der Waals surface area contributed by atoms with Gasteiger partial charge in [-0.05, 0) is 0 Å². The molecule has 3 atom stereocenters. The van der Waals surface area contributed by atoms with Crippen LogP contribution in [0, 0.1) is 0 Å². The van der Waals surface area contributed by atoms with Crippen molar-refractivity contribution >= 4 is 45.2 Å². The van der Waals surface area contributed by atoms with Crippen LogP contribution in [0.5, 0.6) is 11.5 Å². The van der Waals surface area contributed by atoms with Gasteiger partial charge < -0.3 is 0 Å². The summed E-state index contributed by atoms with van der Waals surface area (Å²) in [6, 6.07) is 0. The molecular weight excluding hydrogens is 664 g/mol. The van der Waals surface area contributed by atoms with Crippen molar-refractivity contribution in [1.29, 1.82) is 0 Å². The maximum atomic E-state index is 12.3. The van der Waals surface area contributed by atoms with Crippen molar-refractivity contribution in [2.75, 3.05) is 17.3 Å². The number of hydrogen-bond acceptors (Lipinski definition) is 22. The van der Waals surface area contributed by atoms with Crippen LogP contribution in [0.2, 0.25) is 0 Å². The summed E-state index contributed by atoms with van der Waals surface area (Å²) < 4.78 is 33.1. The van der Waals surface area contributed by atoms with Gasteiger partial charge in [0.25, 0.3) is 0 Å². The van der Waals surface area contributed by atoms with Gasteiger partial charge in [0.2, 0.25) is 0 Å². The Morgan fingerprint density at radius 1 is 1.13 bits per heavy atom. The molecule has 46 heavy (non-hydrogen) atoms. The predicted molar refractivity (Wildman–Crippen MR) is 154 cm³/mol. The average molecular weight is 691 g/mol. The van der Waals surface area contributed by atoms with Crippen molar-refractivity contribution in [2.45, 2.75) is 25.2 Å². The zero-order valence-electron chi connectivity index (χ0n) is 22.9. The molecule has 0 aromatic carbocycles. The number of aliphatic hydroxyl groups is 1. The minimum atomic E-state index is -5.33. The summed E-state index contributed by atoms with van der Waals surface area (Å²) in [5.41, 5.74) is 16.9. The van der Waals surface area contributed by atoms with Crippen LogP contribution in [0.4, 0.5) is 11.8 Å². The summed E-state index contributed by atoms with van der Waals surface area (Å²) in [4.78, 5) is 66.8. The quantitative estimate of drug-likeness (QED) is 0.114. The van der Waals surface area contributed by atoms with Gasteiger partial charge in [-0.25, -0.2) is 0 Å². The van der Waals surface area contributed by atoms with E-state index >= 15 is 0 Å². The van der Waals surface area contributed by atoms with E-state index < -0.39 is 81.7 Å². The molecule has 7 rings (SSSR count). The minimum absolute atomic E-state index is 0.00952. The van der Waals surface area contributed by atoms with Crippen molar-refractivity contribution in [1.82, 2.24) is 35.5 Å². The van der Waals surface area contributed by atoms with Crippen molar-refractivity contribution in [3.8, 4) is 11.5 Å². The van der Waals surface area contributed by atoms with E-state index in [0.717, 1.165) is 10.9 Å². The third kappa shape index (κ3) is 5.03. The number of fused-ring (bicyclic) bond motifs is 5. The van der Waals surface area contributed by atoms with Gasteiger partial charge in [0.15, 0.2) is 0 Å². The van der Waals surface area contributed by atoms with Crippen LogP contribution in [0.15, 0.2) is 44.8 Å². The number of nitrogen functional groups attached to an aromatic ring is 1. The van der Waals surface area contributed by atoms with Crippen LogP contribution in [0.1, 0.15) is 5.76 Å². The Balaban J connectivity index is 1.27. The molecule has 24 nitrogen and oxygen atoms in total. The Kier molecular flexibility index (Phi) is 6.84. The fraction of sp³-hybridized carbons (Fsp3) is 0.250. The summed E-state index contributed by atoms with van der Waals surface area (Å²) in [6.45, 7) is -0.894. The number of ether oxygens (including phenoxy) is 1. The summed E-state index contributed by atoms with van der Waals surface area (Å²) >= 11 is 0. The van der Waals surface area contributed by atoms with Gasteiger partial charge in [0, 0.05) is 0 Å². The number of aromatic amines is 1. The Hall–Kier alpha value is -4.61. The summed E-state index contributed by atoms with van der Waals surface area (Å²) in [5, 5.41) is 30.8. The molecule has 0 spiro atoms. The summed E-state index contributed by atoms with van der Waals surface area (Å²) in [6.07, 6.45) is -1.92. The molecule has 1 fully saturated rings. The van der Waals surface area contributed by atoms with Gasteiger partial charge >= 0.3 is 255 Å². The van der Waals surface area contributed by atoms with Crippen LogP contribution in [0.25, 0.3) is 17.0 Å². The van der Waals surface area contributed by atoms with Gasteiger partial charge in [0.1, 0.15) is 0 Å². The topological polar surface area (TPSA) is 362 Å². The fourth-order valence-electron chi connectivity index (χ4n) is 4.93. The molecule has 2 unspecified atom stereocenters. The first-order valence-electron chi connectivity index (χ1n) is 13.0. The maximum absolute atomic E-state index is 12.3. The number of aliphatic hydroxyl groups excluding tert-OH is 1. The molecule has 0 radical (unpaired) electrons. The van der Waals surface area contributed by atoms with E-state index in [1.807, 2.05) is 0 Å². The SMILES string of the molecule is NC1=C2NCN(c3oc4c(c3O)O[PH](O)(O)O/C=C3/OC(n5cnc6c(=O)[nH]c(N)nc65)=C(O[PH](O)(O)OC4)[C@@H]3O)C2NC(N)N1. The molecular formula is C20H27N11O13P2. The molecule has 1 saturated heterocycles. The summed E-state index contributed by atoms with van der Waals surface area (Å²) in [5.74, 6) is -4.07. The average Bonchev–Trinajstić information content (AvgIpc) is 3.72. The van der Waals surface area contributed by atoms with Crippen molar-refractivity contribution in [3.63, 3.8) is 0 Å². The number of furan rings is 1. The molecule has 0 amide bonds. The first kappa shape index (κ1) is 30.1. The third-order valence-corrected chi connectivity index (χ3v) is 8.80. The number of aromatic nitrogens is 4. The van der Waals surface area contributed by atoms with E-state index in [-0.39, 0.29) is 35.5 Å². The number of H-pyrrole nitrogens is 1. The number of imidazole rings is 1. The van der Waals surface area contributed by atoms with Crippen LogP contribution >= 0.6 is 16.3 Å². The molecule has 3 aromatic heterocycles. The van der Waals surface area contributed by atoms with E-state index in [1.54, 1.807) is 0 Å². The Bertz CT molecular complexity index is 1900.